The van der Waals surface area contributed by atoms with Crippen LogP contribution < -0.4 is 10.1 Å². The zero-order chi connectivity index (χ0) is 16.7. The van der Waals surface area contributed by atoms with Gasteiger partial charge < -0.3 is 14.8 Å². The lowest BCUT2D eigenvalue weighted by atomic mass is 10.0. The summed E-state index contributed by atoms with van der Waals surface area (Å²) in [5.74, 6) is 0.808. The van der Waals surface area contributed by atoms with E-state index in [-0.39, 0.29) is 18.1 Å². The predicted molar refractivity (Wildman–Crippen MR) is 91.0 cm³/mol. The number of benzene rings is 1. The van der Waals surface area contributed by atoms with Crippen molar-refractivity contribution in [3.8, 4) is 5.75 Å². The molecule has 5 nitrogen and oxygen atoms in total. The van der Waals surface area contributed by atoms with Crippen molar-refractivity contribution in [1.82, 2.24) is 10.2 Å². The summed E-state index contributed by atoms with van der Waals surface area (Å²) in [7, 11) is 1.55. The Balaban J connectivity index is 1.63. The van der Waals surface area contributed by atoms with E-state index in [2.05, 4.69) is 10.2 Å². The minimum absolute atomic E-state index is 0.0305. The third kappa shape index (κ3) is 6.01. The van der Waals surface area contributed by atoms with Gasteiger partial charge in [0.05, 0.1) is 0 Å². The Bertz CT molecular complexity index is 487. The lowest BCUT2D eigenvalue weighted by Gasteiger charge is -2.32. The van der Waals surface area contributed by atoms with E-state index >= 15 is 0 Å². The number of ether oxygens (including phenoxy) is 2. The molecule has 0 aromatic heterocycles. The molecule has 1 aromatic carbocycles. The van der Waals surface area contributed by atoms with E-state index in [1.807, 2.05) is 24.3 Å². The molecule has 1 atom stereocenters. The molecule has 0 bridgehead atoms. The fourth-order valence-electron chi connectivity index (χ4n) is 2.55. The normalized spacial score (nSPS) is 17.7. The van der Waals surface area contributed by atoms with E-state index in [4.69, 9.17) is 21.1 Å². The van der Waals surface area contributed by atoms with Gasteiger partial charge in [-0.25, -0.2) is 0 Å². The topological polar surface area (TPSA) is 50.8 Å². The summed E-state index contributed by atoms with van der Waals surface area (Å²) in [6.45, 7) is 5.24. The molecule has 2 rings (SSSR count). The number of carbonyl (C=O) groups excluding carboxylic acids is 1. The molecule has 1 aliphatic heterocycles. The molecule has 0 saturated carbocycles. The number of methoxy groups -OCH3 is 1. The van der Waals surface area contributed by atoms with Crippen LogP contribution in [0.15, 0.2) is 24.3 Å². The molecule has 1 aromatic rings. The van der Waals surface area contributed by atoms with Gasteiger partial charge in [0.15, 0.2) is 0 Å². The SMILES string of the molecule is CO[C@H](C)C(=O)NC1CCN(CCOc2ccc(Cl)cc2)CC1. The van der Waals surface area contributed by atoms with Crippen molar-refractivity contribution in [2.24, 2.45) is 0 Å². The highest BCUT2D eigenvalue weighted by atomic mass is 35.5. The van der Waals surface area contributed by atoms with E-state index in [0.717, 1.165) is 38.2 Å². The summed E-state index contributed by atoms with van der Waals surface area (Å²) in [6.07, 6.45) is 1.53. The average Bonchev–Trinajstić information content (AvgIpc) is 2.57. The van der Waals surface area contributed by atoms with Crippen LogP contribution in [0.3, 0.4) is 0 Å². The Morgan fingerprint density at radius 1 is 1.35 bits per heavy atom. The lowest BCUT2D eigenvalue weighted by Crippen LogP contribution is -2.47. The van der Waals surface area contributed by atoms with Crippen molar-refractivity contribution in [2.75, 3.05) is 33.4 Å². The van der Waals surface area contributed by atoms with Gasteiger partial charge in [-0.2, -0.15) is 0 Å². The number of carbonyl (C=O) groups is 1. The van der Waals surface area contributed by atoms with Crippen molar-refractivity contribution in [1.29, 1.82) is 0 Å². The Morgan fingerprint density at radius 2 is 2.00 bits per heavy atom. The molecule has 0 unspecified atom stereocenters. The molecule has 1 fully saturated rings. The van der Waals surface area contributed by atoms with Crippen molar-refractivity contribution in [3.63, 3.8) is 0 Å². The predicted octanol–water partition coefficient (Wildman–Crippen LogP) is 2.33. The number of halogens is 1. The molecule has 1 saturated heterocycles. The molecule has 0 radical (unpaired) electrons. The van der Waals surface area contributed by atoms with Gasteiger partial charge in [-0.3, -0.25) is 9.69 Å². The van der Waals surface area contributed by atoms with Crippen LogP contribution >= 0.6 is 11.6 Å². The van der Waals surface area contributed by atoms with E-state index in [0.29, 0.717) is 11.6 Å². The van der Waals surface area contributed by atoms with Crippen LogP contribution in [0.4, 0.5) is 0 Å². The quantitative estimate of drug-likeness (QED) is 0.827. The molecule has 6 heteroatoms. The molecule has 128 valence electrons. The Morgan fingerprint density at radius 3 is 2.61 bits per heavy atom. The summed E-state index contributed by atoms with van der Waals surface area (Å²) in [5.41, 5.74) is 0. The third-order valence-corrected chi connectivity index (χ3v) is 4.40. The van der Waals surface area contributed by atoms with Gasteiger partial charge in [-0.15, -0.1) is 0 Å². The second-order valence-electron chi connectivity index (χ2n) is 5.80. The van der Waals surface area contributed by atoms with E-state index in [9.17, 15) is 4.79 Å². The third-order valence-electron chi connectivity index (χ3n) is 4.15. The highest BCUT2D eigenvalue weighted by Gasteiger charge is 2.22. The van der Waals surface area contributed by atoms with Crippen molar-refractivity contribution in [2.45, 2.75) is 31.9 Å². The number of piperidine rings is 1. The zero-order valence-corrected chi connectivity index (χ0v) is 14.5. The summed E-state index contributed by atoms with van der Waals surface area (Å²) >= 11 is 5.84. The number of nitrogens with zero attached hydrogens (tertiary/aromatic N) is 1. The molecule has 1 aliphatic rings. The molecule has 1 amide bonds. The number of likely N-dealkylation sites (tertiary alicyclic amines) is 1. The first-order valence-electron chi connectivity index (χ1n) is 8.02. The number of rotatable bonds is 7. The maximum atomic E-state index is 11.8. The maximum absolute atomic E-state index is 11.8. The average molecular weight is 341 g/mol. The van der Waals surface area contributed by atoms with Crippen LogP contribution in [0.5, 0.6) is 5.75 Å². The Hall–Kier alpha value is -1.30. The van der Waals surface area contributed by atoms with Gasteiger partial charge in [0.2, 0.25) is 5.91 Å². The van der Waals surface area contributed by atoms with Gasteiger partial charge in [-0.1, -0.05) is 11.6 Å². The zero-order valence-electron chi connectivity index (χ0n) is 13.8. The highest BCUT2D eigenvalue weighted by molar-refractivity contribution is 6.30. The summed E-state index contributed by atoms with van der Waals surface area (Å²) < 4.78 is 10.7. The Labute approximate surface area is 142 Å². The number of hydrogen-bond acceptors (Lipinski definition) is 4. The molecule has 1 N–H and O–H groups in total. The standard InChI is InChI=1S/C17H25ClN2O3/c1-13(22-2)17(21)19-15-7-9-20(10-8-15)11-12-23-16-5-3-14(18)4-6-16/h3-6,13,15H,7-12H2,1-2H3,(H,19,21)/t13-/m1/s1. The second-order valence-corrected chi connectivity index (χ2v) is 6.24. The molecule has 0 spiro atoms. The van der Waals surface area contributed by atoms with Crippen molar-refractivity contribution < 1.29 is 14.3 Å². The first-order chi connectivity index (χ1) is 11.1. The lowest BCUT2D eigenvalue weighted by molar-refractivity contribution is -0.131. The molecule has 0 aliphatic carbocycles. The first-order valence-corrected chi connectivity index (χ1v) is 8.40. The minimum atomic E-state index is -0.388. The number of amides is 1. The summed E-state index contributed by atoms with van der Waals surface area (Å²) in [5, 5.41) is 3.76. The Kier molecular flexibility index (Phi) is 7.15. The number of hydrogen-bond donors (Lipinski definition) is 1. The van der Waals surface area contributed by atoms with Crippen LogP contribution in [0.25, 0.3) is 0 Å². The van der Waals surface area contributed by atoms with Crippen LogP contribution in [0.1, 0.15) is 19.8 Å². The van der Waals surface area contributed by atoms with Crippen LogP contribution in [-0.2, 0) is 9.53 Å². The van der Waals surface area contributed by atoms with E-state index in [1.165, 1.54) is 0 Å². The second kappa shape index (κ2) is 9.11. The highest BCUT2D eigenvalue weighted by Crippen LogP contribution is 2.16. The van der Waals surface area contributed by atoms with Crippen LogP contribution in [-0.4, -0.2) is 56.3 Å². The van der Waals surface area contributed by atoms with Crippen LogP contribution in [0, 0.1) is 0 Å². The van der Waals surface area contributed by atoms with E-state index < -0.39 is 0 Å². The van der Waals surface area contributed by atoms with Gasteiger partial charge in [-0.05, 0) is 44.0 Å². The fraction of sp³-hybridized carbons (Fsp3) is 0.588. The molecular weight excluding hydrogens is 316 g/mol. The van der Waals surface area contributed by atoms with Gasteiger partial charge in [0, 0.05) is 37.8 Å². The maximum Gasteiger partial charge on any atom is 0.249 e. The molecule has 1 heterocycles. The molecular formula is C17H25ClN2O3. The fourth-order valence-corrected chi connectivity index (χ4v) is 2.68. The van der Waals surface area contributed by atoms with Gasteiger partial charge in [0.1, 0.15) is 18.5 Å². The summed E-state index contributed by atoms with van der Waals surface area (Å²) in [6, 6.07) is 7.65. The minimum Gasteiger partial charge on any atom is -0.492 e. The first kappa shape index (κ1) is 18.0. The monoisotopic (exact) mass is 340 g/mol. The van der Waals surface area contributed by atoms with Gasteiger partial charge >= 0.3 is 0 Å². The van der Waals surface area contributed by atoms with Crippen LogP contribution in [0.2, 0.25) is 5.02 Å². The summed E-state index contributed by atoms with van der Waals surface area (Å²) in [4.78, 5) is 14.2. The van der Waals surface area contributed by atoms with E-state index in [1.54, 1.807) is 14.0 Å². The molecule has 23 heavy (non-hydrogen) atoms. The van der Waals surface area contributed by atoms with Crippen molar-refractivity contribution >= 4 is 17.5 Å². The number of nitrogens with one attached hydrogen (secondary N) is 1. The smallest absolute Gasteiger partial charge is 0.249 e. The largest absolute Gasteiger partial charge is 0.492 e. The van der Waals surface area contributed by atoms with Gasteiger partial charge in [0.25, 0.3) is 0 Å². The van der Waals surface area contributed by atoms with Crippen molar-refractivity contribution in [3.05, 3.63) is 29.3 Å².